The molecule has 0 saturated carbocycles. The number of thiol groups is 1. The number of rotatable bonds is 2. The molecule has 0 radical (unpaired) electrons. The summed E-state index contributed by atoms with van der Waals surface area (Å²) >= 11 is 9.61. The standard InChI is InChI=1S/H2O2S4/c1-2-5-6(3)4/h1,6H. The fourth-order valence-electron chi connectivity index (χ4n) is 0.0272. The smallest absolute Gasteiger partial charge is 0.106 e. The molecule has 1 N–H and O–H groups in total. The van der Waals surface area contributed by atoms with E-state index in [2.05, 4.69) is 26.7 Å². The molecular formula is H2O2S4. The molecule has 38 valence electrons. The normalized spacial score (nSPS) is 9.67. The Balaban J connectivity index is 3.07. The van der Waals surface area contributed by atoms with Crippen LogP contribution < -0.4 is 0 Å². The minimum atomic E-state index is -0.989. The lowest BCUT2D eigenvalue weighted by atomic mass is 15.0. The van der Waals surface area contributed by atoms with Crippen LogP contribution in [0.4, 0.5) is 0 Å². The van der Waals surface area contributed by atoms with Crippen molar-refractivity contribution >= 4 is 40.5 Å². The van der Waals surface area contributed by atoms with Gasteiger partial charge in [-0.1, -0.05) is 0 Å². The van der Waals surface area contributed by atoms with Gasteiger partial charge in [-0.3, -0.25) is 0 Å². The predicted molar refractivity (Wildman–Crippen MR) is 34.8 cm³/mol. The van der Waals surface area contributed by atoms with Crippen molar-refractivity contribution in [1.82, 2.24) is 0 Å². The van der Waals surface area contributed by atoms with E-state index >= 15 is 0 Å². The van der Waals surface area contributed by atoms with Crippen molar-refractivity contribution in [2.24, 2.45) is 0 Å². The summed E-state index contributed by atoms with van der Waals surface area (Å²) in [7, 11) is -0.989. The van der Waals surface area contributed by atoms with E-state index in [9.17, 15) is 0 Å². The molecule has 0 fully saturated rings. The lowest BCUT2D eigenvalue weighted by Crippen LogP contribution is -1.62. The van der Waals surface area contributed by atoms with Gasteiger partial charge in [-0.05, 0) is 29.4 Å². The van der Waals surface area contributed by atoms with Gasteiger partial charge in [0.1, 0.15) is 11.1 Å². The Bertz CT molecular complexity index is 73.5. The molecule has 0 rings (SSSR count). The van der Waals surface area contributed by atoms with E-state index in [1.165, 1.54) is 0 Å². The molecule has 0 bridgehead atoms. The van der Waals surface area contributed by atoms with Gasteiger partial charge in [-0.15, -0.1) is 0 Å². The predicted octanol–water partition coefficient (Wildman–Crippen LogP) is 0.314. The lowest BCUT2D eigenvalue weighted by Gasteiger charge is -1.77. The van der Waals surface area contributed by atoms with E-state index < -0.39 is 7.05 Å². The Morgan fingerprint density at radius 2 is 2.17 bits per heavy atom. The zero-order valence-electron chi connectivity index (χ0n) is 2.53. The fraction of sp³-hybridized carbons (Fsp3) is 0. The fourth-order valence-corrected chi connectivity index (χ4v) is 0.735. The van der Waals surface area contributed by atoms with Crippen molar-refractivity contribution in [3.05, 3.63) is 0 Å². The second-order valence-corrected chi connectivity index (χ2v) is 6.93. The van der Waals surface area contributed by atoms with Gasteiger partial charge >= 0.3 is 0 Å². The summed E-state index contributed by atoms with van der Waals surface area (Å²) in [5, 5.41) is 7.58. The van der Waals surface area contributed by atoms with Gasteiger partial charge in [0.2, 0.25) is 0 Å². The molecular weight excluding hydrogens is 160 g/mol. The zero-order valence-corrected chi connectivity index (χ0v) is 5.87. The van der Waals surface area contributed by atoms with Crippen LogP contribution >= 0.6 is 11.1 Å². The van der Waals surface area contributed by atoms with E-state index in [-0.39, 0.29) is 0 Å². The zero-order chi connectivity index (χ0) is 4.99. The third-order valence-electron chi connectivity index (χ3n) is 0.0942. The summed E-state index contributed by atoms with van der Waals surface area (Å²) < 4.78 is 3.54. The second kappa shape index (κ2) is 4.23. The summed E-state index contributed by atoms with van der Waals surface area (Å²) in [6.07, 6.45) is 0. The van der Waals surface area contributed by atoms with Crippen LogP contribution in [0.3, 0.4) is 0 Å². The van der Waals surface area contributed by atoms with Crippen LogP contribution in [0.5, 0.6) is 0 Å². The van der Waals surface area contributed by atoms with Crippen molar-refractivity contribution in [3.8, 4) is 0 Å². The number of hydrogen-bond acceptors (Lipinski definition) is 5. The van der Waals surface area contributed by atoms with Gasteiger partial charge in [-0.2, -0.15) is 4.33 Å². The third-order valence-corrected chi connectivity index (χ3v) is 1.94. The monoisotopic (exact) mass is 162 g/mol. The summed E-state index contributed by atoms with van der Waals surface area (Å²) in [4.78, 5) is 0. The van der Waals surface area contributed by atoms with Crippen molar-refractivity contribution in [2.75, 3.05) is 0 Å². The average molecular weight is 162 g/mol. The molecule has 0 atom stereocenters. The molecule has 0 amide bonds. The van der Waals surface area contributed by atoms with E-state index in [1.54, 1.807) is 0 Å². The molecule has 0 aliphatic heterocycles. The molecule has 0 aliphatic rings. The van der Waals surface area contributed by atoms with Gasteiger partial charge in [0.25, 0.3) is 0 Å². The highest BCUT2D eigenvalue weighted by Crippen LogP contribution is 1.97. The maximum atomic E-state index is 7.58. The third kappa shape index (κ3) is 5.06. The highest BCUT2D eigenvalue weighted by molar-refractivity contribution is 8.88. The van der Waals surface area contributed by atoms with Gasteiger partial charge in [0.05, 0.1) is 0 Å². The Hall–Kier alpha value is 1.06. The van der Waals surface area contributed by atoms with Crippen LogP contribution in [-0.2, 0) is 33.8 Å². The Morgan fingerprint density at radius 1 is 1.67 bits per heavy atom. The quantitative estimate of drug-likeness (QED) is 0.201. The average Bonchev–Trinajstić information content (AvgIpc) is 1.35. The molecule has 0 aromatic rings. The maximum absolute atomic E-state index is 7.58. The van der Waals surface area contributed by atoms with E-state index in [1.807, 2.05) is 0 Å². The van der Waals surface area contributed by atoms with Crippen LogP contribution in [0.2, 0.25) is 0 Å². The molecule has 6 heteroatoms. The van der Waals surface area contributed by atoms with Crippen molar-refractivity contribution in [3.63, 3.8) is 0 Å². The Labute approximate surface area is 50.3 Å². The number of hydrogen-bond donors (Lipinski definition) is 2. The Kier molecular flexibility index (Phi) is 4.97. The molecule has 6 heavy (non-hydrogen) atoms. The summed E-state index contributed by atoms with van der Waals surface area (Å²) in [6.45, 7) is 0. The molecule has 0 spiro atoms. The molecule has 0 aromatic carbocycles. The first-order chi connectivity index (χ1) is 2.77. The molecule has 0 aliphatic carbocycles. The van der Waals surface area contributed by atoms with Gasteiger partial charge in [-0.25, -0.2) is 5.26 Å². The first kappa shape index (κ1) is 7.06. The van der Waals surface area contributed by atoms with Crippen molar-refractivity contribution in [1.29, 1.82) is 0 Å². The summed E-state index contributed by atoms with van der Waals surface area (Å²) in [5.74, 6) is 0. The van der Waals surface area contributed by atoms with Crippen LogP contribution in [0.1, 0.15) is 0 Å². The largest absolute Gasteiger partial charge is 0.239 e. The summed E-state index contributed by atoms with van der Waals surface area (Å²) in [5.41, 5.74) is 0. The van der Waals surface area contributed by atoms with Crippen LogP contribution in [-0.4, -0.2) is 5.26 Å². The molecule has 0 aromatic heterocycles. The SMILES string of the molecule is OOS[SH](=S)=S. The van der Waals surface area contributed by atoms with Crippen molar-refractivity contribution < 1.29 is 9.59 Å². The molecule has 2 nitrogen and oxygen atoms in total. The van der Waals surface area contributed by atoms with Gasteiger partial charge in [0.15, 0.2) is 0 Å². The minimum Gasteiger partial charge on any atom is -0.239 e. The van der Waals surface area contributed by atoms with E-state index in [4.69, 9.17) is 5.26 Å². The van der Waals surface area contributed by atoms with Gasteiger partial charge in [0, 0.05) is 0 Å². The summed E-state index contributed by atoms with van der Waals surface area (Å²) in [6, 6.07) is 0. The van der Waals surface area contributed by atoms with Crippen molar-refractivity contribution in [2.45, 2.75) is 0 Å². The minimum absolute atomic E-state index is 0.736. The lowest BCUT2D eigenvalue weighted by molar-refractivity contribution is -0.114. The molecule has 0 unspecified atom stereocenters. The maximum Gasteiger partial charge on any atom is 0.106 e. The first-order valence-electron chi connectivity index (χ1n) is 0.897. The van der Waals surface area contributed by atoms with Crippen LogP contribution in [0.25, 0.3) is 0 Å². The second-order valence-electron chi connectivity index (χ2n) is 0.373. The van der Waals surface area contributed by atoms with Gasteiger partial charge < -0.3 is 0 Å². The highest BCUT2D eigenvalue weighted by atomic mass is 33.5. The highest BCUT2D eigenvalue weighted by Gasteiger charge is 1.71. The molecule has 0 saturated heterocycles. The van der Waals surface area contributed by atoms with Crippen LogP contribution in [0, 0.1) is 0 Å². The van der Waals surface area contributed by atoms with E-state index in [0.717, 1.165) is 11.1 Å². The Morgan fingerprint density at radius 3 is 2.17 bits per heavy atom. The topological polar surface area (TPSA) is 29.5 Å². The first-order valence-corrected chi connectivity index (χ1v) is 5.61. The van der Waals surface area contributed by atoms with Crippen LogP contribution in [0.15, 0.2) is 0 Å². The molecule has 0 heterocycles. The van der Waals surface area contributed by atoms with E-state index in [0.29, 0.717) is 0 Å².